The second-order valence-electron chi connectivity index (χ2n) is 9.02. The lowest BCUT2D eigenvalue weighted by Gasteiger charge is -2.32. The number of hydrogen-bond acceptors (Lipinski definition) is 4. The van der Waals surface area contributed by atoms with Crippen LogP contribution in [0.3, 0.4) is 0 Å². The molecule has 3 N–H and O–H groups in total. The summed E-state index contributed by atoms with van der Waals surface area (Å²) in [4.78, 5) is 26.2. The number of carbonyl (C=O) groups excluding carboxylic acids is 2. The summed E-state index contributed by atoms with van der Waals surface area (Å²) in [5.74, 6) is 0.649. The zero-order valence-electron chi connectivity index (χ0n) is 20.4. The first-order valence-corrected chi connectivity index (χ1v) is 12.3. The van der Waals surface area contributed by atoms with Crippen molar-refractivity contribution in [1.82, 2.24) is 10.2 Å². The Bertz CT molecular complexity index is 1130. The van der Waals surface area contributed by atoms with E-state index in [0.717, 1.165) is 43.6 Å². The number of amides is 2. The van der Waals surface area contributed by atoms with Crippen LogP contribution in [0.4, 0.5) is 4.79 Å². The van der Waals surface area contributed by atoms with Crippen molar-refractivity contribution in [1.29, 1.82) is 0 Å². The summed E-state index contributed by atoms with van der Waals surface area (Å²) >= 11 is 0. The molecule has 1 fully saturated rings. The van der Waals surface area contributed by atoms with Crippen molar-refractivity contribution < 1.29 is 14.3 Å². The Hall–Kier alpha value is -3.35. The number of nitrogens with zero attached hydrogens (tertiary/aromatic N) is 1. The second kappa shape index (κ2) is 13.7. The Morgan fingerprint density at radius 2 is 1.58 bits per heavy atom. The number of nitrogens with two attached hydrogens (primary N) is 1. The molecule has 1 heterocycles. The molecule has 6 nitrogen and oxygen atoms in total. The molecule has 7 heteroatoms. The Labute approximate surface area is 219 Å². The molecule has 1 aliphatic heterocycles. The van der Waals surface area contributed by atoms with Gasteiger partial charge in [-0.1, -0.05) is 54.6 Å². The van der Waals surface area contributed by atoms with E-state index in [1.807, 2.05) is 18.2 Å². The number of ether oxygens (including phenoxy) is 1. The fourth-order valence-electron chi connectivity index (χ4n) is 4.60. The third-order valence-corrected chi connectivity index (χ3v) is 6.55. The highest BCUT2D eigenvalue weighted by molar-refractivity contribution is 5.94. The minimum atomic E-state index is -0.477. The number of hydrogen-bond donors (Lipinski definition) is 2. The average Bonchev–Trinajstić information content (AvgIpc) is 2.89. The maximum atomic E-state index is 12.2. The van der Waals surface area contributed by atoms with E-state index < -0.39 is 12.0 Å². The normalized spacial score (nSPS) is 14.0. The van der Waals surface area contributed by atoms with Crippen LogP contribution in [0.1, 0.15) is 47.5 Å². The lowest BCUT2D eigenvalue weighted by molar-refractivity contribution is 0.1000. The fourth-order valence-corrected chi connectivity index (χ4v) is 4.60. The molecule has 3 aromatic rings. The predicted octanol–water partition coefficient (Wildman–Crippen LogP) is 5.62. The summed E-state index contributed by atoms with van der Waals surface area (Å²) in [6, 6.07) is 25.1. The van der Waals surface area contributed by atoms with Crippen molar-refractivity contribution in [2.24, 2.45) is 5.73 Å². The molecular weight excluding hydrogens is 474 g/mol. The zero-order valence-corrected chi connectivity index (χ0v) is 21.2. The van der Waals surface area contributed by atoms with E-state index in [4.69, 9.17) is 10.5 Å². The van der Waals surface area contributed by atoms with Crippen molar-refractivity contribution in [2.75, 3.05) is 26.2 Å². The topological polar surface area (TPSA) is 84.7 Å². The Kier molecular flexibility index (Phi) is 10.3. The Morgan fingerprint density at radius 1 is 0.889 bits per heavy atom. The van der Waals surface area contributed by atoms with Gasteiger partial charge in [-0.05, 0) is 92.2 Å². The first-order valence-electron chi connectivity index (χ1n) is 12.3. The van der Waals surface area contributed by atoms with Crippen molar-refractivity contribution in [3.63, 3.8) is 0 Å². The number of carbonyl (C=O) groups is 2. The van der Waals surface area contributed by atoms with E-state index >= 15 is 0 Å². The molecule has 0 atom stereocenters. The molecule has 0 radical (unpaired) electrons. The van der Waals surface area contributed by atoms with E-state index in [1.54, 1.807) is 30.3 Å². The van der Waals surface area contributed by atoms with E-state index in [9.17, 15) is 9.59 Å². The smallest absolute Gasteiger partial charge is 0.410 e. The molecule has 3 aromatic carbocycles. The minimum absolute atomic E-state index is 0. The summed E-state index contributed by atoms with van der Waals surface area (Å²) in [5, 5.41) is 2.84. The maximum Gasteiger partial charge on any atom is 0.412 e. The van der Waals surface area contributed by atoms with Gasteiger partial charge in [0.05, 0.1) is 0 Å². The number of halogens is 1. The third-order valence-electron chi connectivity index (χ3n) is 6.55. The van der Waals surface area contributed by atoms with Gasteiger partial charge < -0.3 is 20.7 Å². The fraction of sp³-hybridized carbons (Fsp3) is 0.310. The summed E-state index contributed by atoms with van der Waals surface area (Å²) < 4.78 is 5.45. The van der Waals surface area contributed by atoms with E-state index in [-0.39, 0.29) is 12.4 Å². The van der Waals surface area contributed by atoms with Crippen molar-refractivity contribution >= 4 is 24.4 Å². The van der Waals surface area contributed by atoms with Gasteiger partial charge in [-0.25, -0.2) is 4.79 Å². The largest absolute Gasteiger partial charge is 0.412 e. The predicted molar refractivity (Wildman–Crippen MR) is 146 cm³/mol. The van der Waals surface area contributed by atoms with E-state index in [1.165, 1.54) is 18.4 Å². The van der Waals surface area contributed by atoms with Crippen LogP contribution in [0.2, 0.25) is 0 Å². The van der Waals surface area contributed by atoms with Crippen LogP contribution >= 0.6 is 12.4 Å². The molecule has 36 heavy (non-hydrogen) atoms. The Morgan fingerprint density at radius 3 is 2.31 bits per heavy atom. The molecule has 0 spiro atoms. The molecule has 4 rings (SSSR count). The van der Waals surface area contributed by atoms with Gasteiger partial charge in [-0.3, -0.25) is 4.79 Å². The number of rotatable bonds is 9. The van der Waals surface area contributed by atoms with Gasteiger partial charge in [0.15, 0.2) is 0 Å². The van der Waals surface area contributed by atoms with Gasteiger partial charge in [0.25, 0.3) is 0 Å². The standard InChI is InChI=1S/C29H33N3O3.ClH/c30-28(33)26-12-6-10-24(20-26)25-11-7-13-27(21-25)35-29(34)31-16-4-5-17-32-18-14-23(15-19-32)22-8-2-1-3-9-22;/h1-3,6-13,20-21,23H,4-5,14-19H2,(H2,30,33)(H,31,34);1H. The minimum Gasteiger partial charge on any atom is -0.410 e. The molecule has 0 unspecified atom stereocenters. The maximum absolute atomic E-state index is 12.2. The molecule has 0 saturated carbocycles. The summed E-state index contributed by atoms with van der Waals surface area (Å²) in [7, 11) is 0. The van der Waals surface area contributed by atoms with Crippen LogP contribution in [0, 0.1) is 0 Å². The quantitative estimate of drug-likeness (QED) is 0.368. The average molecular weight is 508 g/mol. The van der Waals surface area contributed by atoms with Gasteiger partial charge in [0.2, 0.25) is 5.91 Å². The number of nitrogens with one attached hydrogen (secondary N) is 1. The summed E-state index contributed by atoms with van der Waals surface area (Å²) in [5.41, 5.74) is 8.95. The lowest BCUT2D eigenvalue weighted by Crippen LogP contribution is -2.34. The van der Waals surface area contributed by atoms with Gasteiger partial charge >= 0.3 is 6.09 Å². The van der Waals surface area contributed by atoms with E-state index in [2.05, 4.69) is 40.5 Å². The van der Waals surface area contributed by atoms with Crippen LogP contribution in [0.15, 0.2) is 78.9 Å². The highest BCUT2D eigenvalue weighted by Crippen LogP contribution is 2.28. The SMILES string of the molecule is Cl.NC(=O)c1cccc(-c2cccc(OC(=O)NCCCCN3CCC(c4ccccc4)CC3)c2)c1. The zero-order chi connectivity index (χ0) is 24.5. The molecule has 0 bridgehead atoms. The lowest BCUT2D eigenvalue weighted by atomic mass is 9.89. The Balaban J connectivity index is 0.00000361. The number of primary amides is 1. The van der Waals surface area contributed by atoms with Crippen molar-refractivity contribution in [3.05, 3.63) is 90.0 Å². The van der Waals surface area contributed by atoms with E-state index in [0.29, 0.717) is 23.8 Å². The van der Waals surface area contributed by atoms with Crippen LogP contribution in [0.5, 0.6) is 5.75 Å². The van der Waals surface area contributed by atoms with Crippen LogP contribution in [-0.4, -0.2) is 43.1 Å². The van der Waals surface area contributed by atoms with Crippen LogP contribution in [-0.2, 0) is 0 Å². The number of piperidine rings is 1. The van der Waals surface area contributed by atoms with Crippen molar-refractivity contribution in [2.45, 2.75) is 31.6 Å². The first-order chi connectivity index (χ1) is 17.1. The third kappa shape index (κ3) is 7.83. The highest BCUT2D eigenvalue weighted by atomic mass is 35.5. The molecule has 1 saturated heterocycles. The number of likely N-dealkylation sites (tertiary alicyclic amines) is 1. The van der Waals surface area contributed by atoms with Crippen LogP contribution in [0.25, 0.3) is 11.1 Å². The van der Waals surface area contributed by atoms with Crippen molar-refractivity contribution in [3.8, 4) is 16.9 Å². The van der Waals surface area contributed by atoms with Gasteiger partial charge in [0, 0.05) is 12.1 Å². The monoisotopic (exact) mass is 507 g/mol. The second-order valence-corrected chi connectivity index (χ2v) is 9.02. The summed E-state index contributed by atoms with van der Waals surface area (Å²) in [6.07, 6.45) is 3.91. The molecule has 1 aliphatic rings. The molecule has 190 valence electrons. The van der Waals surface area contributed by atoms with Gasteiger partial charge in [-0.2, -0.15) is 0 Å². The van der Waals surface area contributed by atoms with Gasteiger partial charge in [-0.15, -0.1) is 12.4 Å². The molecule has 0 aromatic heterocycles. The van der Waals surface area contributed by atoms with Crippen LogP contribution < -0.4 is 15.8 Å². The number of unbranched alkanes of at least 4 members (excludes halogenated alkanes) is 1. The molecule has 0 aliphatic carbocycles. The number of benzene rings is 3. The van der Waals surface area contributed by atoms with Gasteiger partial charge in [0.1, 0.15) is 5.75 Å². The first kappa shape index (κ1) is 27.2. The molecular formula is C29H34ClN3O3. The highest BCUT2D eigenvalue weighted by Gasteiger charge is 2.19. The molecule has 2 amide bonds. The summed E-state index contributed by atoms with van der Waals surface area (Å²) in [6.45, 7) is 3.91.